The summed E-state index contributed by atoms with van der Waals surface area (Å²) in [5, 5.41) is 0.609. The average Bonchev–Trinajstić information content (AvgIpc) is 2.64. The number of carbonyl (C=O) groups excluding carboxylic acids is 2. The topological polar surface area (TPSA) is 53.5 Å². The van der Waals surface area contributed by atoms with Crippen LogP contribution >= 0.6 is 11.6 Å². The Bertz CT molecular complexity index is 728. The lowest BCUT2D eigenvalue weighted by molar-refractivity contribution is -0.131. The van der Waals surface area contributed by atoms with Crippen molar-refractivity contribution in [1.82, 2.24) is 14.8 Å². The number of nitrogens with zero attached hydrogens (tertiary/aromatic N) is 3. The first-order valence-electron chi connectivity index (χ1n) is 7.85. The third kappa shape index (κ3) is 3.74. The fourth-order valence-corrected chi connectivity index (χ4v) is 2.96. The van der Waals surface area contributed by atoms with Gasteiger partial charge in [-0.2, -0.15) is 0 Å². The smallest absolute Gasteiger partial charge is 0.254 e. The van der Waals surface area contributed by atoms with Gasteiger partial charge in [0, 0.05) is 49.2 Å². The largest absolute Gasteiger partial charge is 0.339 e. The first-order valence-corrected chi connectivity index (χ1v) is 8.23. The molecule has 0 atom stereocenters. The fourth-order valence-electron chi connectivity index (χ4n) is 2.75. The molecule has 0 spiro atoms. The van der Waals surface area contributed by atoms with E-state index in [-0.39, 0.29) is 18.2 Å². The van der Waals surface area contributed by atoms with Crippen molar-refractivity contribution in [2.45, 2.75) is 6.42 Å². The maximum absolute atomic E-state index is 12.4. The van der Waals surface area contributed by atoms with Crippen molar-refractivity contribution >= 4 is 23.4 Å². The molecule has 1 aromatic carbocycles. The zero-order valence-corrected chi connectivity index (χ0v) is 13.9. The Morgan fingerprint density at radius 3 is 2.25 bits per heavy atom. The van der Waals surface area contributed by atoms with E-state index in [1.165, 1.54) is 0 Å². The second kappa shape index (κ2) is 7.45. The molecule has 1 aliphatic rings. The first kappa shape index (κ1) is 16.5. The molecular weight excluding hydrogens is 326 g/mol. The van der Waals surface area contributed by atoms with E-state index in [0.29, 0.717) is 36.8 Å². The highest BCUT2D eigenvalue weighted by atomic mass is 35.5. The Labute approximate surface area is 145 Å². The van der Waals surface area contributed by atoms with Crippen molar-refractivity contribution in [3.05, 3.63) is 64.9 Å². The summed E-state index contributed by atoms with van der Waals surface area (Å²) in [6, 6.07) is 10.8. The van der Waals surface area contributed by atoms with E-state index in [1.807, 2.05) is 18.2 Å². The summed E-state index contributed by atoms with van der Waals surface area (Å²) in [7, 11) is 0. The molecule has 1 aliphatic heterocycles. The Kier molecular flexibility index (Phi) is 5.11. The zero-order valence-electron chi connectivity index (χ0n) is 13.2. The van der Waals surface area contributed by atoms with Gasteiger partial charge in [0.2, 0.25) is 5.91 Å². The Balaban J connectivity index is 1.56. The summed E-state index contributed by atoms with van der Waals surface area (Å²) >= 11 is 6.11. The van der Waals surface area contributed by atoms with Crippen molar-refractivity contribution in [2.24, 2.45) is 0 Å². The summed E-state index contributed by atoms with van der Waals surface area (Å²) in [5.41, 5.74) is 1.46. The molecule has 124 valence electrons. The van der Waals surface area contributed by atoms with Crippen molar-refractivity contribution < 1.29 is 9.59 Å². The van der Waals surface area contributed by atoms with Crippen LogP contribution in [0.1, 0.15) is 15.9 Å². The number of amides is 2. The summed E-state index contributed by atoms with van der Waals surface area (Å²) in [6.07, 6.45) is 3.51. The molecule has 1 fully saturated rings. The monoisotopic (exact) mass is 343 g/mol. The highest BCUT2D eigenvalue weighted by Gasteiger charge is 2.25. The lowest BCUT2D eigenvalue weighted by Crippen LogP contribution is -2.51. The molecule has 1 aromatic heterocycles. The molecule has 5 nitrogen and oxygen atoms in total. The fraction of sp³-hybridized carbons (Fsp3) is 0.278. The predicted octanol–water partition coefficient (Wildman–Crippen LogP) is 2.26. The first-order chi connectivity index (χ1) is 11.6. The molecule has 0 N–H and O–H groups in total. The van der Waals surface area contributed by atoms with Gasteiger partial charge in [-0.25, -0.2) is 0 Å². The van der Waals surface area contributed by atoms with Gasteiger partial charge in [-0.1, -0.05) is 29.8 Å². The molecule has 2 heterocycles. The molecule has 0 bridgehead atoms. The number of hydrogen-bond donors (Lipinski definition) is 0. The lowest BCUT2D eigenvalue weighted by Gasteiger charge is -2.35. The van der Waals surface area contributed by atoms with E-state index in [1.54, 1.807) is 40.4 Å². The standard InChI is InChI=1S/C18H18ClN3O2/c19-16-4-2-1-3-15(16)13-17(23)21-9-11-22(12-10-21)18(24)14-5-7-20-8-6-14/h1-8H,9-13H2. The van der Waals surface area contributed by atoms with Crippen LogP contribution in [0, 0.1) is 0 Å². The number of carbonyl (C=O) groups is 2. The van der Waals surface area contributed by atoms with Crippen LogP contribution in [-0.4, -0.2) is 52.8 Å². The minimum Gasteiger partial charge on any atom is -0.339 e. The molecule has 6 heteroatoms. The van der Waals surface area contributed by atoms with Gasteiger partial charge in [0.05, 0.1) is 6.42 Å². The predicted molar refractivity (Wildman–Crippen MR) is 91.9 cm³/mol. The van der Waals surface area contributed by atoms with Gasteiger partial charge in [0.1, 0.15) is 0 Å². The van der Waals surface area contributed by atoms with Crippen molar-refractivity contribution in [2.75, 3.05) is 26.2 Å². The van der Waals surface area contributed by atoms with Gasteiger partial charge in [-0.3, -0.25) is 14.6 Å². The number of benzene rings is 1. The molecule has 0 aliphatic carbocycles. The number of piperazine rings is 1. The average molecular weight is 344 g/mol. The third-order valence-corrected chi connectivity index (χ3v) is 4.52. The van der Waals surface area contributed by atoms with Crippen LogP contribution in [0.15, 0.2) is 48.8 Å². The number of hydrogen-bond acceptors (Lipinski definition) is 3. The van der Waals surface area contributed by atoms with E-state index in [4.69, 9.17) is 11.6 Å². The number of rotatable bonds is 3. The third-order valence-electron chi connectivity index (χ3n) is 4.15. The van der Waals surface area contributed by atoms with Gasteiger partial charge >= 0.3 is 0 Å². The van der Waals surface area contributed by atoms with E-state index in [0.717, 1.165) is 5.56 Å². The highest BCUT2D eigenvalue weighted by Crippen LogP contribution is 2.17. The van der Waals surface area contributed by atoms with Crippen LogP contribution in [0.25, 0.3) is 0 Å². The molecule has 0 saturated carbocycles. The van der Waals surface area contributed by atoms with Crippen LogP contribution in [0.2, 0.25) is 5.02 Å². The molecule has 2 aromatic rings. The van der Waals surface area contributed by atoms with Gasteiger partial charge in [0.15, 0.2) is 0 Å². The molecule has 0 unspecified atom stereocenters. The maximum atomic E-state index is 12.4. The van der Waals surface area contributed by atoms with Gasteiger partial charge < -0.3 is 9.80 Å². The normalized spacial score (nSPS) is 14.5. The molecule has 0 radical (unpaired) electrons. The summed E-state index contributed by atoms with van der Waals surface area (Å²) < 4.78 is 0. The molecule has 3 rings (SSSR count). The van der Waals surface area contributed by atoms with Crippen LogP contribution in [0.5, 0.6) is 0 Å². The molecule has 1 saturated heterocycles. The van der Waals surface area contributed by atoms with E-state index in [2.05, 4.69) is 4.98 Å². The molecule has 2 amide bonds. The van der Waals surface area contributed by atoms with Crippen LogP contribution in [-0.2, 0) is 11.2 Å². The zero-order chi connectivity index (χ0) is 16.9. The second-order valence-electron chi connectivity index (χ2n) is 5.68. The van der Waals surface area contributed by atoms with Crippen LogP contribution in [0.4, 0.5) is 0 Å². The minimum atomic E-state index is -0.0180. The van der Waals surface area contributed by atoms with E-state index >= 15 is 0 Å². The summed E-state index contributed by atoms with van der Waals surface area (Å²) in [5.74, 6) is 0.0229. The van der Waals surface area contributed by atoms with Gasteiger partial charge in [-0.15, -0.1) is 0 Å². The van der Waals surface area contributed by atoms with E-state index < -0.39 is 0 Å². The van der Waals surface area contributed by atoms with Crippen molar-refractivity contribution in [1.29, 1.82) is 0 Å². The number of halogens is 1. The van der Waals surface area contributed by atoms with Crippen LogP contribution in [0.3, 0.4) is 0 Å². The van der Waals surface area contributed by atoms with Crippen LogP contribution < -0.4 is 0 Å². The minimum absolute atomic E-state index is 0.0180. The lowest BCUT2D eigenvalue weighted by atomic mass is 10.1. The molecular formula is C18H18ClN3O2. The van der Waals surface area contributed by atoms with E-state index in [9.17, 15) is 9.59 Å². The highest BCUT2D eigenvalue weighted by molar-refractivity contribution is 6.31. The molecule has 24 heavy (non-hydrogen) atoms. The Morgan fingerprint density at radius 2 is 1.58 bits per heavy atom. The summed E-state index contributed by atoms with van der Waals surface area (Å²) in [4.78, 5) is 32.3. The van der Waals surface area contributed by atoms with Gasteiger partial charge in [0.25, 0.3) is 5.91 Å². The number of aromatic nitrogens is 1. The van der Waals surface area contributed by atoms with Crippen molar-refractivity contribution in [3.8, 4) is 0 Å². The maximum Gasteiger partial charge on any atom is 0.254 e. The van der Waals surface area contributed by atoms with Gasteiger partial charge in [-0.05, 0) is 23.8 Å². The summed E-state index contributed by atoms with van der Waals surface area (Å²) in [6.45, 7) is 2.16. The Hall–Kier alpha value is -2.40. The quantitative estimate of drug-likeness (QED) is 0.859. The second-order valence-corrected chi connectivity index (χ2v) is 6.08. The Morgan fingerprint density at radius 1 is 0.958 bits per heavy atom. The van der Waals surface area contributed by atoms with Crippen molar-refractivity contribution in [3.63, 3.8) is 0 Å². The SMILES string of the molecule is O=C(Cc1ccccc1Cl)N1CCN(C(=O)c2ccncc2)CC1. The number of pyridine rings is 1.